The first-order chi connectivity index (χ1) is 9.15. The summed E-state index contributed by atoms with van der Waals surface area (Å²) in [7, 11) is 0. The number of hydrogen-bond donors (Lipinski definition) is 1. The molecule has 19 heavy (non-hydrogen) atoms. The van der Waals surface area contributed by atoms with E-state index in [1.54, 1.807) is 24.3 Å². The van der Waals surface area contributed by atoms with E-state index in [1.807, 2.05) is 0 Å². The number of halogens is 2. The summed E-state index contributed by atoms with van der Waals surface area (Å²) in [5.41, 5.74) is 0.729. The monoisotopic (exact) mass is 299 g/mol. The summed E-state index contributed by atoms with van der Waals surface area (Å²) in [5.74, 6) is 0.570. The lowest BCUT2D eigenvalue weighted by Gasteiger charge is -2.35. The van der Waals surface area contributed by atoms with Crippen molar-refractivity contribution in [1.82, 2.24) is 5.32 Å². The third-order valence-electron chi connectivity index (χ3n) is 3.93. The van der Waals surface area contributed by atoms with Crippen LogP contribution in [0.1, 0.15) is 42.5 Å². The average molecular weight is 300 g/mol. The minimum atomic E-state index is -0.0493. The van der Waals surface area contributed by atoms with E-state index in [1.165, 1.54) is 19.3 Å². The summed E-state index contributed by atoms with van der Waals surface area (Å²) in [4.78, 5) is 12.1. The van der Waals surface area contributed by atoms with Gasteiger partial charge in [-0.2, -0.15) is 0 Å². The van der Waals surface area contributed by atoms with Crippen LogP contribution in [0.5, 0.6) is 0 Å². The van der Waals surface area contributed by atoms with Crippen LogP contribution in [0.3, 0.4) is 0 Å². The largest absolute Gasteiger partial charge is 0.351 e. The predicted octanol–water partition coefficient (Wildman–Crippen LogP) is 4.26. The third-order valence-corrected chi connectivity index (χ3v) is 4.75. The zero-order valence-corrected chi connectivity index (χ0v) is 12.4. The lowest BCUT2D eigenvalue weighted by atomic mass is 9.75. The van der Waals surface area contributed by atoms with Crippen LogP contribution in [-0.2, 0) is 0 Å². The highest BCUT2D eigenvalue weighted by Gasteiger charge is 2.31. The molecule has 0 atom stereocenters. The first-order valence-electron chi connectivity index (χ1n) is 6.75. The van der Waals surface area contributed by atoms with Gasteiger partial charge in [-0.15, -0.1) is 11.6 Å². The Morgan fingerprint density at radius 2 is 1.79 bits per heavy atom. The molecule has 104 valence electrons. The van der Waals surface area contributed by atoms with Crippen molar-refractivity contribution in [3.63, 3.8) is 0 Å². The maximum absolute atomic E-state index is 12.1. The van der Waals surface area contributed by atoms with Crippen molar-refractivity contribution in [1.29, 1.82) is 0 Å². The standard InChI is InChI=1S/C15H19Cl2NO/c16-10-15(8-2-1-3-9-15)11-18-14(19)12-4-6-13(17)7-5-12/h4-7H,1-3,8-11H2,(H,18,19). The van der Waals surface area contributed by atoms with Gasteiger partial charge in [0.2, 0.25) is 0 Å². The van der Waals surface area contributed by atoms with E-state index >= 15 is 0 Å². The highest BCUT2D eigenvalue weighted by molar-refractivity contribution is 6.30. The molecular formula is C15H19Cl2NO. The molecule has 2 nitrogen and oxygen atoms in total. The van der Waals surface area contributed by atoms with Gasteiger partial charge >= 0.3 is 0 Å². The van der Waals surface area contributed by atoms with Crippen molar-refractivity contribution in [2.45, 2.75) is 32.1 Å². The number of carbonyl (C=O) groups excluding carboxylic acids is 1. The van der Waals surface area contributed by atoms with E-state index in [9.17, 15) is 4.79 Å². The molecule has 1 amide bonds. The molecule has 0 saturated heterocycles. The van der Waals surface area contributed by atoms with E-state index in [0.29, 0.717) is 23.0 Å². The van der Waals surface area contributed by atoms with Crippen molar-refractivity contribution in [3.8, 4) is 0 Å². The summed E-state index contributed by atoms with van der Waals surface area (Å²) in [5, 5.41) is 3.65. The van der Waals surface area contributed by atoms with Crippen LogP contribution in [0, 0.1) is 5.41 Å². The van der Waals surface area contributed by atoms with E-state index < -0.39 is 0 Å². The fraction of sp³-hybridized carbons (Fsp3) is 0.533. The summed E-state index contributed by atoms with van der Waals surface area (Å²) in [6, 6.07) is 6.95. The minimum absolute atomic E-state index is 0.0493. The Hall–Kier alpha value is -0.730. The van der Waals surface area contributed by atoms with Crippen molar-refractivity contribution >= 4 is 29.1 Å². The van der Waals surface area contributed by atoms with Crippen LogP contribution < -0.4 is 5.32 Å². The average Bonchev–Trinajstić information content (AvgIpc) is 2.46. The van der Waals surface area contributed by atoms with Gasteiger partial charge in [0, 0.05) is 28.4 Å². The molecule has 1 saturated carbocycles. The van der Waals surface area contributed by atoms with Crippen LogP contribution in [-0.4, -0.2) is 18.3 Å². The van der Waals surface area contributed by atoms with Crippen molar-refractivity contribution in [3.05, 3.63) is 34.9 Å². The number of amides is 1. The highest BCUT2D eigenvalue weighted by atomic mass is 35.5. The number of nitrogens with one attached hydrogen (secondary N) is 1. The van der Waals surface area contributed by atoms with Gasteiger partial charge in [0.15, 0.2) is 0 Å². The SMILES string of the molecule is O=C(NCC1(CCl)CCCCC1)c1ccc(Cl)cc1. The lowest BCUT2D eigenvalue weighted by molar-refractivity contribution is 0.0921. The molecule has 0 aromatic heterocycles. The van der Waals surface area contributed by atoms with Gasteiger partial charge in [0.25, 0.3) is 5.91 Å². The van der Waals surface area contributed by atoms with Crippen LogP contribution in [0.2, 0.25) is 5.02 Å². The summed E-state index contributed by atoms with van der Waals surface area (Å²) < 4.78 is 0. The first kappa shape index (κ1) is 14.7. The van der Waals surface area contributed by atoms with Crippen molar-refractivity contribution in [2.24, 2.45) is 5.41 Å². The molecule has 1 aliphatic rings. The molecule has 0 spiro atoms. The smallest absolute Gasteiger partial charge is 0.251 e. The Labute approximate surface area is 124 Å². The van der Waals surface area contributed by atoms with E-state index in [4.69, 9.17) is 23.2 Å². The molecule has 0 heterocycles. The van der Waals surface area contributed by atoms with Crippen molar-refractivity contribution < 1.29 is 4.79 Å². The Morgan fingerprint density at radius 1 is 1.16 bits per heavy atom. The molecule has 2 rings (SSSR count). The molecule has 0 radical (unpaired) electrons. The number of carbonyl (C=O) groups is 1. The zero-order chi connectivity index (χ0) is 13.7. The first-order valence-corrected chi connectivity index (χ1v) is 7.66. The normalized spacial score (nSPS) is 18.0. The Morgan fingerprint density at radius 3 is 2.37 bits per heavy atom. The highest BCUT2D eigenvalue weighted by Crippen LogP contribution is 2.36. The maximum Gasteiger partial charge on any atom is 0.251 e. The Kier molecular flexibility index (Phi) is 5.12. The third kappa shape index (κ3) is 3.87. The second-order valence-electron chi connectivity index (χ2n) is 5.38. The zero-order valence-electron chi connectivity index (χ0n) is 10.9. The molecule has 4 heteroatoms. The van der Waals surface area contributed by atoms with E-state index in [0.717, 1.165) is 12.8 Å². The van der Waals surface area contributed by atoms with Crippen LogP contribution in [0.15, 0.2) is 24.3 Å². The van der Waals surface area contributed by atoms with E-state index in [-0.39, 0.29) is 11.3 Å². The number of hydrogen-bond acceptors (Lipinski definition) is 1. The fourth-order valence-corrected chi connectivity index (χ4v) is 3.12. The number of rotatable bonds is 4. The van der Waals surface area contributed by atoms with Crippen LogP contribution in [0.25, 0.3) is 0 Å². The second-order valence-corrected chi connectivity index (χ2v) is 6.09. The molecule has 1 fully saturated rings. The molecule has 1 aromatic rings. The van der Waals surface area contributed by atoms with Crippen molar-refractivity contribution in [2.75, 3.05) is 12.4 Å². The van der Waals surface area contributed by atoms with Crippen LogP contribution in [0.4, 0.5) is 0 Å². The molecule has 1 N–H and O–H groups in total. The second kappa shape index (κ2) is 6.62. The van der Waals surface area contributed by atoms with Gasteiger partial charge in [-0.3, -0.25) is 4.79 Å². The Balaban J connectivity index is 1.93. The molecule has 0 bridgehead atoms. The number of alkyl halides is 1. The molecule has 0 unspecified atom stereocenters. The molecular weight excluding hydrogens is 281 g/mol. The van der Waals surface area contributed by atoms with Gasteiger partial charge in [-0.1, -0.05) is 30.9 Å². The van der Waals surface area contributed by atoms with Gasteiger partial charge in [0.1, 0.15) is 0 Å². The predicted molar refractivity (Wildman–Crippen MR) is 80.0 cm³/mol. The minimum Gasteiger partial charge on any atom is -0.351 e. The maximum atomic E-state index is 12.1. The Bertz CT molecular complexity index is 424. The van der Waals surface area contributed by atoms with Gasteiger partial charge in [0.05, 0.1) is 0 Å². The summed E-state index contributed by atoms with van der Waals surface area (Å²) >= 11 is 11.9. The van der Waals surface area contributed by atoms with E-state index in [2.05, 4.69) is 5.32 Å². The summed E-state index contributed by atoms with van der Waals surface area (Å²) in [6.07, 6.45) is 5.92. The molecule has 1 aromatic carbocycles. The van der Waals surface area contributed by atoms with Gasteiger partial charge < -0.3 is 5.32 Å². The summed E-state index contributed by atoms with van der Waals surface area (Å²) in [6.45, 7) is 0.665. The van der Waals surface area contributed by atoms with Crippen LogP contribution >= 0.6 is 23.2 Å². The number of benzene rings is 1. The fourth-order valence-electron chi connectivity index (χ4n) is 2.63. The molecule has 1 aliphatic carbocycles. The lowest BCUT2D eigenvalue weighted by Crippen LogP contribution is -2.40. The van der Waals surface area contributed by atoms with Gasteiger partial charge in [-0.05, 0) is 37.1 Å². The molecule has 0 aliphatic heterocycles. The van der Waals surface area contributed by atoms with Gasteiger partial charge in [-0.25, -0.2) is 0 Å². The topological polar surface area (TPSA) is 29.1 Å². The quantitative estimate of drug-likeness (QED) is 0.827.